The van der Waals surface area contributed by atoms with Crippen LogP contribution in [0.4, 0.5) is 5.69 Å². The molecular formula is C15H15BrN4. The second kappa shape index (κ2) is 5.25. The average Bonchev–Trinajstić information content (AvgIpc) is 2.76. The number of imidazole rings is 1. The smallest absolute Gasteiger partial charge is 0.137 e. The highest BCUT2D eigenvalue weighted by Gasteiger charge is 2.08. The number of pyridine rings is 2. The Morgan fingerprint density at radius 3 is 2.95 bits per heavy atom. The van der Waals surface area contributed by atoms with Gasteiger partial charge in [-0.3, -0.25) is 0 Å². The van der Waals surface area contributed by atoms with Crippen molar-refractivity contribution in [2.75, 3.05) is 5.32 Å². The summed E-state index contributed by atoms with van der Waals surface area (Å²) >= 11 is 3.41. The molecule has 1 N–H and O–H groups in total. The Hall–Kier alpha value is -1.88. The maximum Gasteiger partial charge on any atom is 0.137 e. The van der Waals surface area contributed by atoms with E-state index in [0.717, 1.165) is 33.7 Å². The monoisotopic (exact) mass is 330 g/mol. The first-order valence-corrected chi connectivity index (χ1v) is 7.23. The van der Waals surface area contributed by atoms with Crippen molar-refractivity contribution in [3.63, 3.8) is 0 Å². The maximum absolute atomic E-state index is 4.56. The molecule has 0 fully saturated rings. The number of nitrogens with zero attached hydrogens (tertiary/aromatic N) is 3. The van der Waals surface area contributed by atoms with Crippen LogP contribution in [0.1, 0.15) is 17.0 Å². The molecule has 0 aliphatic rings. The average molecular weight is 331 g/mol. The molecule has 0 saturated heterocycles. The van der Waals surface area contributed by atoms with E-state index in [1.165, 1.54) is 5.69 Å². The first-order valence-electron chi connectivity index (χ1n) is 6.44. The van der Waals surface area contributed by atoms with Gasteiger partial charge in [-0.05, 0) is 53.5 Å². The summed E-state index contributed by atoms with van der Waals surface area (Å²) in [6.07, 6.45) is 3.87. The van der Waals surface area contributed by atoms with E-state index in [1.807, 2.05) is 44.4 Å². The summed E-state index contributed by atoms with van der Waals surface area (Å²) in [4.78, 5) is 8.85. The van der Waals surface area contributed by atoms with Crippen LogP contribution in [0.2, 0.25) is 0 Å². The highest BCUT2D eigenvalue weighted by atomic mass is 79.9. The predicted octanol–water partition coefficient (Wildman–Crippen LogP) is 3.72. The molecule has 0 spiro atoms. The molecule has 0 aromatic carbocycles. The van der Waals surface area contributed by atoms with Gasteiger partial charge >= 0.3 is 0 Å². The summed E-state index contributed by atoms with van der Waals surface area (Å²) in [6.45, 7) is 4.79. The number of aryl methyl sites for hydroxylation is 2. The summed E-state index contributed by atoms with van der Waals surface area (Å²) in [5, 5.41) is 3.40. The van der Waals surface area contributed by atoms with E-state index in [9.17, 15) is 0 Å². The van der Waals surface area contributed by atoms with E-state index >= 15 is 0 Å². The van der Waals surface area contributed by atoms with Crippen molar-refractivity contribution in [1.29, 1.82) is 0 Å². The van der Waals surface area contributed by atoms with E-state index in [1.54, 1.807) is 0 Å². The molecule has 0 amide bonds. The topological polar surface area (TPSA) is 42.2 Å². The fraction of sp³-hybridized carbons (Fsp3) is 0.200. The van der Waals surface area contributed by atoms with Gasteiger partial charge in [0.1, 0.15) is 10.3 Å². The fourth-order valence-electron chi connectivity index (χ4n) is 2.22. The van der Waals surface area contributed by atoms with Gasteiger partial charge in [0.05, 0.1) is 29.8 Å². The molecule has 4 nitrogen and oxygen atoms in total. The van der Waals surface area contributed by atoms with E-state index < -0.39 is 0 Å². The van der Waals surface area contributed by atoms with Gasteiger partial charge in [-0.2, -0.15) is 0 Å². The lowest BCUT2D eigenvalue weighted by molar-refractivity contribution is 0.983. The van der Waals surface area contributed by atoms with Crippen LogP contribution in [0.25, 0.3) is 5.65 Å². The van der Waals surface area contributed by atoms with Crippen LogP contribution >= 0.6 is 15.9 Å². The SMILES string of the molecule is Cc1cc(NCc2c(C)nc3ccccn23)cnc1Br. The Bertz CT molecular complexity index is 764. The van der Waals surface area contributed by atoms with E-state index in [2.05, 4.69) is 41.7 Å². The molecule has 0 atom stereocenters. The number of hydrogen-bond donors (Lipinski definition) is 1. The van der Waals surface area contributed by atoms with Gasteiger partial charge in [0, 0.05) is 6.20 Å². The van der Waals surface area contributed by atoms with Crippen LogP contribution in [-0.2, 0) is 6.54 Å². The zero-order valence-electron chi connectivity index (χ0n) is 11.4. The van der Waals surface area contributed by atoms with Crippen molar-refractivity contribution >= 4 is 27.3 Å². The van der Waals surface area contributed by atoms with Crippen molar-refractivity contribution in [2.24, 2.45) is 0 Å². The Morgan fingerprint density at radius 1 is 1.30 bits per heavy atom. The molecule has 3 aromatic heterocycles. The molecular weight excluding hydrogens is 316 g/mol. The lowest BCUT2D eigenvalue weighted by atomic mass is 10.3. The number of halogens is 1. The van der Waals surface area contributed by atoms with Gasteiger partial charge in [-0.15, -0.1) is 0 Å². The Balaban J connectivity index is 1.86. The van der Waals surface area contributed by atoms with Crippen molar-refractivity contribution < 1.29 is 0 Å². The van der Waals surface area contributed by atoms with Crippen LogP contribution in [0, 0.1) is 13.8 Å². The lowest BCUT2D eigenvalue weighted by Gasteiger charge is -2.08. The Labute approximate surface area is 126 Å². The molecule has 0 radical (unpaired) electrons. The number of rotatable bonds is 3. The molecule has 3 rings (SSSR count). The molecule has 5 heteroatoms. The molecule has 0 aliphatic carbocycles. The number of nitrogens with one attached hydrogen (secondary N) is 1. The summed E-state index contributed by atoms with van der Waals surface area (Å²) in [5.41, 5.74) is 5.32. The van der Waals surface area contributed by atoms with Gasteiger partial charge in [0.2, 0.25) is 0 Å². The standard InChI is InChI=1S/C15H15BrN4/c1-10-7-12(8-18-15(10)16)17-9-13-11(2)19-14-5-3-4-6-20(13)14/h3-8,17H,9H2,1-2H3. The molecule has 0 unspecified atom stereocenters. The highest BCUT2D eigenvalue weighted by molar-refractivity contribution is 9.10. The lowest BCUT2D eigenvalue weighted by Crippen LogP contribution is -2.04. The molecule has 3 aromatic rings. The van der Waals surface area contributed by atoms with Gasteiger partial charge < -0.3 is 9.72 Å². The Kier molecular flexibility index (Phi) is 3.44. The van der Waals surface area contributed by atoms with Crippen LogP contribution in [0.15, 0.2) is 41.3 Å². The summed E-state index contributed by atoms with van der Waals surface area (Å²) in [7, 11) is 0. The van der Waals surface area contributed by atoms with Crippen LogP contribution in [0.5, 0.6) is 0 Å². The normalized spacial score (nSPS) is 10.9. The third-order valence-corrected chi connectivity index (χ3v) is 4.13. The third kappa shape index (κ3) is 2.41. The number of hydrogen-bond acceptors (Lipinski definition) is 3. The van der Waals surface area contributed by atoms with Crippen LogP contribution < -0.4 is 5.32 Å². The zero-order valence-corrected chi connectivity index (χ0v) is 13.0. The van der Waals surface area contributed by atoms with E-state index in [-0.39, 0.29) is 0 Å². The number of anilines is 1. The van der Waals surface area contributed by atoms with E-state index in [0.29, 0.717) is 0 Å². The van der Waals surface area contributed by atoms with Gasteiger partial charge in [-0.1, -0.05) is 6.07 Å². The minimum atomic E-state index is 0.722. The molecule has 102 valence electrons. The number of aromatic nitrogens is 3. The predicted molar refractivity (Wildman–Crippen MR) is 83.9 cm³/mol. The second-order valence-electron chi connectivity index (χ2n) is 4.76. The van der Waals surface area contributed by atoms with Gasteiger partial charge in [0.25, 0.3) is 0 Å². The first kappa shape index (κ1) is 13.1. The van der Waals surface area contributed by atoms with Crippen LogP contribution in [0.3, 0.4) is 0 Å². The van der Waals surface area contributed by atoms with Gasteiger partial charge in [-0.25, -0.2) is 9.97 Å². The zero-order chi connectivity index (χ0) is 14.1. The molecule has 0 saturated carbocycles. The largest absolute Gasteiger partial charge is 0.378 e. The quantitative estimate of drug-likeness (QED) is 0.744. The van der Waals surface area contributed by atoms with E-state index in [4.69, 9.17) is 0 Å². The minimum absolute atomic E-state index is 0.722. The molecule has 20 heavy (non-hydrogen) atoms. The summed E-state index contributed by atoms with van der Waals surface area (Å²) in [5.74, 6) is 0. The molecule has 0 bridgehead atoms. The van der Waals surface area contributed by atoms with Crippen molar-refractivity contribution in [2.45, 2.75) is 20.4 Å². The summed E-state index contributed by atoms with van der Waals surface area (Å²) in [6, 6.07) is 8.11. The van der Waals surface area contributed by atoms with Crippen molar-refractivity contribution in [3.05, 3.63) is 58.2 Å². The second-order valence-corrected chi connectivity index (χ2v) is 5.51. The van der Waals surface area contributed by atoms with Crippen molar-refractivity contribution in [1.82, 2.24) is 14.4 Å². The highest BCUT2D eigenvalue weighted by Crippen LogP contribution is 2.18. The summed E-state index contributed by atoms with van der Waals surface area (Å²) < 4.78 is 3.00. The third-order valence-electron chi connectivity index (χ3n) is 3.30. The Morgan fingerprint density at radius 2 is 2.15 bits per heavy atom. The fourth-order valence-corrected chi connectivity index (χ4v) is 2.43. The molecule has 0 aliphatic heterocycles. The first-order chi connectivity index (χ1) is 9.65. The minimum Gasteiger partial charge on any atom is -0.378 e. The molecule has 3 heterocycles. The number of fused-ring (bicyclic) bond motifs is 1. The maximum atomic E-state index is 4.56. The van der Waals surface area contributed by atoms with Crippen LogP contribution in [-0.4, -0.2) is 14.4 Å². The van der Waals surface area contributed by atoms with Crippen molar-refractivity contribution in [3.8, 4) is 0 Å². The van der Waals surface area contributed by atoms with Gasteiger partial charge in [0.15, 0.2) is 0 Å².